The van der Waals surface area contributed by atoms with Crippen molar-refractivity contribution >= 4 is 22.8 Å². The number of alkyl halides is 4. The summed E-state index contributed by atoms with van der Waals surface area (Å²) < 4.78 is 56.7. The zero-order valence-corrected chi connectivity index (χ0v) is 21.2. The molecule has 208 valence electrons. The van der Waals surface area contributed by atoms with Crippen LogP contribution >= 0.6 is 0 Å². The number of hydrogen-bond acceptors (Lipinski definition) is 7. The van der Waals surface area contributed by atoms with Crippen LogP contribution in [0.15, 0.2) is 55.1 Å². The van der Waals surface area contributed by atoms with Crippen LogP contribution < -0.4 is 15.0 Å². The molecule has 1 saturated carbocycles. The molecule has 2 fully saturated rings. The van der Waals surface area contributed by atoms with E-state index in [2.05, 4.69) is 25.1 Å². The molecular formula is C27H24F4N6O3. The molecule has 0 bridgehead atoms. The predicted octanol–water partition coefficient (Wildman–Crippen LogP) is 4.55. The van der Waals surface area contributed by atoms with Gasteiger partial charge in [-0.15, -0.1) is 0 Å². The molecule has 6 rings (SSSR count). The number of halogens is 4. The smallest absolute Gasteiger partial charge is 0.387 e. The zero-order valence-electron chi connectivity index (χ0n) is 21.2. The van der Waals surface area contributed by atoms with E-state index in [9.17, 15) is 27.5 Å². The fraction of sp³-hybridized carbons (Fsp3) is 0.333. The van der Waals surface area contributed by atoms with E-state index in [1.54, 1.807) is 28.9 Å². The molecule has 40 heavy (non-hydrogen) atoms. The maximum atomic E-state index is 13.3. The summed E-state index contributed by atoms with van der Waals surface area (Å²) in [4.78, 5) is 23.5. The summed E-state index contributed by atoms with van der Waals surface area (Å²) in [5.74, 6) is -0.291. The number of pyridine rings is 1. The van der Waals surface area contributed by atoms with Crippen molar-refractivity contribution < 1.29 is 32.2 Å². The molecule has 9 nitrogen and oxygen atoms in total. The van der Waals surface area contributed by atoms with Crippen LogP contribution in [-0.4, -0.2) is 62.3 Å². The molecule has 4 aromatic rings. The van der Waals surface area contributed by atoms with E-state index >= 15 is 0 Å². The third-order valence-electron chi connectivity index (χ3n) is 7.53. The number of benzene rings is 1. The van der Waals surface area contributed by atoms with E-state index < -0.39 is 24.5 Å². The van der Waals surface area contributed by atoms with Gasteiger partial charge >= 0.3 is 6.61 Å². The number of carbonyl (C=O) groups is 1. The molecule has 3 aromatic heterocycles. The molecule has 1 saturated heterocycles. The Bertz CT molecular complexity index is 1580. The normalized spacial score (nSPS) is 17.2. The number of fused-ring (bicyclic) bond motifs is 1. The van der Waals surface area contributed by atoms with E-state index in [0.29, 0.717) is 35.4 Å². The second kappa shape index (κ2) is 9.44. The van der Waals surface area contributed by atoms with Gasteiger partial charge in [-0.1, -0.05) is 12.1 Å². The standard InChI is InChI=1S/C27H24F4N6O3/c1-15-2-3-16(22-32-8-18(9-33-22)40-25(30)31)6-20(15)35-23(38)19-10-34-37-5-4-17(7-21(19)37)36-13-26(14-36)11-27(39,12-26)24(28)29/h2-10,24-25,39H,11-14H2,1H3,(H,35,38). The summed E-state index contributed by atoms with van der Waals surface area (Å²) in [6.45, 7) is -0.0520. The highest BCUT2D eigenvalue weighted by molar-refractivity contribution is 6.09. The number of rotatable bonds is 7. The summed E-state index contributed by atoms with van der Waals surface area (Å²) in [7, 11) is 0. The van der Waals surface area contributed by atoms with Crippen molar-refractivity contribution in [2.75, 3.05) is 23.3 Å². The van der Waals surface area contributed by atoms with Gasteiger partial charge in [0.05, 0.1) is 29.7 Å². The largest absolute Gasteiger partial charge is 0.432 e. The number of aliphatic hydroxyl groups is 1. The SMILES string of the molecule is Cc1ccc(-c2ncc(OC(F)F)cn2)cc1NC(=O)c1cnn2ccc(N3CC4(C3)CC(O)(C(F)F)C4)cc12. The summed E-state index contributed by atoms with van der Waals surface area (Å²) in [5, 5.41) is 17.1. The van der Waals surface area contributed by atoms with Gasteiger partial charge in [0.15, 0.2) is 11.6 Å². The van der Waals surface area contributed by atoms with Crippen LogP contribution in [-0.2, 0) is 0 Å². The minimum absolute atomic E-state index is 0.0772. The number of nitrogens with zero attached hydrogens (tertiary/aromatic N) is 5. The zero-order chi connectivity index (χ0) is 28.2. The molecule has 1 amide bonds. The summed E-state index contributed by atoms with van der Waals surface area (Å²) in [6.07, 6.45) is 2.89. The van der Waals surface area contributed by atoms with E-state index in [-0.39, 0.29) is 29.8 Å². The number of carbonyl (C=O) groups excluding carboxylic acids is 1. The lowest BCUT2D eigenvalue weighted by Crippen LogP contribution is -2.70. The topological polar surface area (TPSA) is 105 Å². The molecule has 0 unspecified atom stereocenters. The lowest BCUT2D eigenvalue weighted by atomic mass is 9.55. The van der Waals surface area contributed by atoms with Gasteiger partial charge in [0.2, 0.25) is 0 Å². The Hall–Kier alpha value is -4.26. The fourth-order valence-electron chi connectivity index (χ4n) is 5.63. The van der Waals surface area contributed by atoms with Crippen LogP contribution in [0, 0.1) is 12.3 Å². The van der Waals surface area contributed by atoms with E-state index in [0.717, 1.165) is 23.6 Å². The summed E-state index contributed by atoms with van der Waals surface area (Å²) in [5.41, 5.74) is 1.39. The second-order valence-corrected chi connectivity index (χ2v) is 10.5. The molecule has 2 N–H and O–H groups in total. The average Bonchev–Trinajstić information content (AvgIpc) is 3.30. The maximum absolute atomic E-state index is 13.3. The second-order valence-electron chi connectivity index (χ2n) is 10.5. The third-order valence-corrected chi connectivity index (χ3v) is 7.53. The molecule has 0 radical (unpaired) electrons. The van der Waals surface area contributed by atoms with E-state index in [4.69, 9.17) is 0 Å². The highest BCUT2D eigenvalue weighted by Crippen LogP contribution is 2.56. The van der Waals surface area contributed by atoms with Crippen molar-refractivity contribution in [1.82, 2.24) is 19.6 Å². The van der Waals surface area contributed by atoms with Crippen molar-refractivity contribution in [1.29, 1.82) is 0 Å². The minimum Gasteiger partial charge on any atom is -0.432 e. The highest BCUT2D eigenvalue weighted by atomic mass is 19.3. The van der Waals surface area contributed by atoms with Gasteiger partial charge in [-0.05, 0) is 43.5 Å². The Balaban J connectivity index is 1.18. The van der Waals surface area contributed by atoms with Gasteiger partial charge in [-0.25, -0.2) is 23.3 Å². The number of aryl methyl sites for hydroxylation is 1. The van der Waals surface area contributed by atoms with Crippen LogP contribution in [0.5, 0.6) is 5.75 Å². The predicted molar refractivity (Wildman–Crippen MR) is 137 cm³/mol. The Morgan fingerprint density at radius 2 is 1.80 bits per heavy atom. The van der Waals surface area contributed by atoms with Crippen LogP contribution in [0.2, 0.25) is 0 Å². The first-order valence-corrected chi connectivity index (χ1v) is 12.5. The van der Waals surface area contributed by atoms with Gasteiger partial charge in [0.25, 0.3) is 12.3 Å². The Kier molecular flexibility index (Phi) is 6.13. The molecule has 2 aliphatic rings. The van der Waals surface area contributed by atoms with Crippen molar-refractivity contribution in [3.63, 3.8) is 0 Å². The van der Waals surface area contributed by atoms with Crippen molar-refractivity contribution in [3.05, 3.63) is 66.2 Å². The van der Waals surface area contributed by atoms with E-state index in [1.807, 2.05) is 24.0 Å². The monoisotopic (exact) mass is 556 g/mol. The lowest BCUT2D eigenvalue weighted by Gasteiger charge is -2.62. The Labute approximate surface area is 225 Å². The number of hydrogen-bond donors (Lipinski definition) is 2. The Morgan fingerprint density at radius 1 is 1.07 bits per heavy atom. The van der Waals surface area contributed by atoms with Gasteiger partial charge in [0, 0.05) is 41.6 Å². The maximum Gasteiger partial charge on any atom is 0.387 e. The first-order chi connectivity index (χ1) is 19.0. The number of amides is 1. The summed E-state index contributed by atoms with van der Waals surface area (Å²) in [6, 6.07) is 8.89. The van der Waals surface area contributed by atoms with E-state index in [1.165, 1.54) is 6.20 Å². The number of anilines is 2. The van der Waals surface area contributed by atoms with Gasteiger partial charge in [0.1, 0.15) is 5.60 Å². The quantitative estimate of drug-likeness (QED) is 0.322. The number of nitrogens with one attached hydrogen (secondary N) is 1. The lowest BCUT2D eigenvalue weighted by molar-refractivity contribution is -0.209. The molecule has 0 atom stereocenters. The molecule has 13 heteroatoms. The fourth-order valence-corrected chi connectivity index (χ4v) is 5.63. The first kappa shape index (κ1) is 26.0. The first-order valence-electron chi connectivity index (χ1n) is 12.5. The van der Waals surface area contributed by atoms with Gasteiger partial charge < -0.3 is 20.1 Å². The molecule has 1 spiro atoms. The summed E-state index contributed by atoms with van der Waals surface area (Å²) >= 11 is 0. The minimum atomic E-state index is -2.98. The Morgan fingerprint density at radius 3 is 2.48 bits per heavy atom. The molecule has 1 aliphatic heterocycles. The van der Waals surface area contributed by atoms with Crippen LogP contribution in [0.3, 0.4) is 0 Å². The highest BCUT2D eigenvalue weighted by Gasteiger charge is 2.63. The van der Waals surface area contributed by atoms with Crippen LogP contribution in [0.25, 0.3) is 16.9 Å². The number of aromatic nitrogens is 4. The van der Waals surface area contributed by atoms with Gasteiger partial charge in [-0.3, -0.25) is 4.79 Å². The van der Waals surface area contributed by atoms with Crippen molar-refractivity contribution in [3.8, 4) is 17.1 Å². The van der Waals surface area contributed by atoms with Crippen LogP contribution in [0.1, 0.15) is 28.8 Å². The van der Waals surface area contributed by atoms with Crippen LogP contribution in [0.4, 0.5) is 28.9 Å². The van der Waals surface area contributed by atoms with Crippen molar-refractivity contribution in [2.24, 2.45) is 5.41 Å². The molecule has 1 aliphatic carbocycles. The average molecular weight is 557 g/mol. The molecular weight excluding hydrogens is 532 g/mol. The molecule has 1 aromatic carbocycles. The molecule has 4 heterocycles. The number of ether oxygens (including phenoxy) is 1. The van der Waals surface area contributed by atoms with Crippen molar-refractivity contribution in [2.45, 2.75) is 38.4 Å². The van der Waals surface area contributed by atoms with Gasteiger partial charge in [-0.2, -0.15) is 13.9 Å². The third kappa shape index (κ3) is 4.59.